The molecule has 0 aromatic rings. The Morgan fingerprint density at radius 2 is 1.00 bits per heavy atom. The zero-order valence-electron chi connectivity index (χ0n) is 10.1. The molecule has 0 saturated heterocycles. The summed E-state index contributed by atoms with van der Waals surface area (Å²) in [6.45, 7) is 1.75. The molecule has 17 heavy (non-hydrogen) atoms. The average Bonchev–Trinajstić information content (AvgIpc) is 2.02. The maximum Gasteiger partial charge on any atom is 1.00 e. The van der Waals surface area contributed by atoms with Crippen LogP contribution in [0.4, 0.5) is 0 Å². The van der Waals surface area contributed by atoms with Crippen LogP contribution in [-0.2, 0) is 4.57 Å². The Labute approximate surface area is 144 Å². The van der Waals surface area contributed by atoms with Crippen LogP contribution < -0.4 is 73.8 Å². The molecule has 8 nitrogen and oxygen atoms in total. The summed E-state index contributed by atoms with van der Waals surface area (Å²) in [4.78, 5) is 27.4. The van der Waals surface area contributed by atoms with Crippen molar-refractivity contribution in [1.29, 1.82) is 0 Å². The second-order valence-corrected chi connectivity index (χ2v) is 3.35. The predicted octanol–water partition coefficient (Wildman–Crippen LogP) is -10.6. The molecule has 11 heteroatoms. The molecule has 0 unspecified atom stereocenters. The van der Waals surface area contributed by atoms with E-state index >= 15 is 0 Å². The number of nitrogens with zero attached hydrogens (tertiary/aromatic N) is 1. The van der Waals surface area contributed by atoms with Crippen LogP contribution in [0.1, 0.15) is 0 Å². The van der Waals surface area contributed by atoms with Crippen LogP contribution in [0.2, 0.25) is 0 Å². The second-order valence-electron chi connectivity index (χ2n) is 2.46. The summed E-state index contributed by atoms with van der Waals surface area (Å²) >= 11 is 0. The Hall–Kier alpha value is 1.95. The summed E-state index contributed by atoms with van der Waals surface area (Å²) in [5.41, 5.74) is 0. The van der Waals surface area contributed by atoms with E-state index in [0.29, 0.717) is 19.6 Å². The Balaban J connectivity index is -0.000000105. The van der Waals surface area contributed by atoms with Crippen LogP contribution in [0, 0.1) is 0 Å². The van der Waals surface area contributed by atoms with Gasteiger partial charge in [-0.15, -0.1) is 0 Å². The molecule has 3 N–H and O–H groups in total. The minimum absolute atomic E-state index is 0. The fourth-order valence-corrected chi connectivity index (χ4v) is 0.760. The third-order valence-electron chi connectivity index (χ3n) is 1.25. The second kappa shape index (κ2) is 17.9. The number of aliphatic hydroxyl groups excluding tert-OH is 3. The van der Waals surface area contributed by atoms with Gasteiger partial charge in [0.25, 0.3) is 0 Å². The van der Waals surface area contributed by atoms with Gasteiger partial charge in [0.2, 0.25) is 0 Å². The Kier molecular flexibility index (Phi) is 28.8. The van der Waals surface area contributed by atoms with Crippen molar-refractivity contribution < 1.29 is 93.7 Å². The van der Waals surface area contributed by atoms with E-state index in [0.717, 1.165) is 0 Å². The van der Waals surface area contributed by atoms with Gasteiger partial charge in [0.05, 0.1) is 19.8 Å². The van der Waals surface area contributed by atoms with Gasteiger partial charge < -0.3 is 34.6 Å². The van der Waals surface area contributed by atoms with Gasteiger partial charge >= 0.3 is 59.1 Å². The largest absolute Gasteiger partial charge is 1.00 e. The molecule has 0 aliphatic rings. The van der Waals surface area contributed by atoms with E-state index in [1.807, 2.05) is 0 Å². The molecule has 0 rings (SSSR count). The van der Waals surface area contributed by atoms with E-state index in [1.54, 1.807) is 4.90 Å². The summed E-state index contributed by atoms with van der Waals surface area (Å²) in [5, 5.41) is 25.5. The number of hydrogen-bond donors (Lipinski definition) is 3. The van der Waals surface area contributed by atoms with E-state index in [2.05, 4.69) is 0 Å². The monoisotopic (exact) mass is 290 g/mol. The number of hydrogen-bond acceptors (Lipinski definition) is 8. The average molecular weight is 290 g/mol. The maximum absolute atomic E-state index is 8.55. The zero-order valence-corrected chi connectivity index (χ0v) is 15.0. The molecule has 0 aliphatic heterocycles. The third-order valence-corrected chi connectivity index (χ3v) is 1.25. The van der Waals surface area contributed by atoms with Crippen molar-refractivity contribution in [2.75, 3.05) is 39.5 Å². The first-order valence-corrected chi connectivity index (χ1v) is 5.59. The molecular formula is C6H15NNa2O7P-. The van der Waals surface area contributed by atoms with Crippen LogP contribution in [0.25, 0.3) is 0 Å². The fraction of sp³-hybridized carbons (Fsp3) is 1.00. The van der Waals surface area contributed by atoms with E-state index < -0.39 is 7.82 Å². The molecule has 0 bridgehead atoms. The Bertz CT molecular complexity index is 159. The molecule has 0 aliphatic carbocycles. The molecule has 0 amide bonds. The van der Waals surface area contributed by atoms with Crippen molar-refractivity contribution in [3.63, 3.8) is 0 Å². The van der Waals surface area contributed by atoms with Crippen molar-refractivity contribution in [2.45, 2.75) is 0 Å². The molecule has 0 spiro atoms. The van der Waals surface area contributed by atoms with Crippen molar-refractivity contribution in [3.8, 4) is 0 Å². The zero-order chi connectivity index (χ0) is 12.3. The minimum atomic E-state index is -5.39. The van der Waals surface area contributed by atoms with Crippen LogP contribution in [0.5, 0.6) is 0 Å². The molecule has 94 valence electrons. The fourth-order valence-electron chi connectivity index (χ4n) is 0.760. The molecule has 0 saturated carbocycles. The van der Waals surface area contributed by atoms with Gasteiger partial charge in [-0.3, -0.25) is 4.90 Å². The molecule has 0 atom stereocenters. The SMILES string of the molecule is O=P([O-])([O-])[O-].OCCN(CCO)CCO.[Na+].[Na+]. The van der Waals surface area contributed by atoms with Gasteiger partial charge in [-0.2, -0.15) is 7.82 Å². The standard InChI is InChI=1S/C6H15NO3.2Na.H3O4P/c8-4-1-7(2-5-9)3-6-10;;;1-5(2,3)4/h8-10H,1-6H2;;;(H3,1,2,3,4)/q;2*+1;/p-3. The van der Waals surface area contributed by atoms with Gasteiger partial charge in [0.15, 0.2) is 0 Å². The quantitative estimate of drug-likeness (QED) is 0.322. The van der Waals surface area contributed by atoms with E-state index in [4.69, 9.17) is 34.6 Å². The topological polar surface area (TPSA) is 150 Å². The van der Waals surface area contributed by atoms with Crippen molar-refractivity contribution in [2.24, 2.45) is 0 Å². The molecule has 0 fully saturated rings. The summed E-state index contributed by atoms with van der Waals surface area (Å²) in [6.07, 6.45) is 0. The van der Waals surface area contributed by atoms with Crippen molar-refractivity contribution in [1.82, 2.24) is 4.90 Å². The van der Waals surface area contributed by atoms with E-state index in [1.165, 1.54) is 0 Å². The molecule has 0 aromatic heterocycles. The number of phosphoric acid groups is 1. The molecular weight excluding hydrogens is 275 g/mol. The minimum Gasteiger partial charge on any atom is -0.822 e. The normalized spacial score (nSPS) is 9.82. The smallest absolute Gasteiger partial charge is 0.822 e. The van der Waals surface area contributed by atoms with Gasteiger partial charge in [-0.05, 0) is 0 Å². The number of aliphatic hydroxyl groups is 3. The van der Waals surface area contributed by atoms with Crippen LogP contribution >= 0.6 is 7.82 Å². The first-order valence-electron chi connectivity index (χ1n) is 4.13. The van der Waals surface area contributed by atoms with Gasteiger partial charge in [0.1, 0.15) is 0 Å². The van der Waals surface area contributed by atoms with Crippen molar-refractivity contribution in [3.05, 3.63) is 0 Å². The van der Waals surface area contributed by atoms with Gasteiger partial charge in [0, 0.05) is 19.6 Å². The number of rotatable bonds is 6. The summed E-state index contributed by atoms with van der Waals surface area (Å²) in [7, 11) is -5.39. The van der Waals surface area contributed by atoms with Crippen LogP contribution in [-0.4, -0.2) is 59.7 Å². The maximum atomic E-state index is 8.55. The van der Waals surface area contributed by atoms with Crippen LogP contribution in [0.3, 0.4) is 0 Å². The van der Waals surface area contributed by atoms with Gasteiger partial charge in [-0.25, -0.2) is 0 Å². The molecule has 0 heterocycles. The van der Waals surface area contributed by atoms with Crippen molar-refractivity contribution >= 4 is 7.82 Å². The Morgan fingerprint density at radius 1 is 0.824 bits per heavy atom. The first-order chi connectivity index (χ1) is 6.85. The van der Waals surface area contributed by atoms with Crippen LogP contribution in [0.15, 0.2) is 0 Å². The summed E-state index contributed by atoms with van der Waals surface area (Å²) < 4.78 is 8.55. The molecule has 0 aromatic carbocycles. The molecule has 0 radical (unpaired) electrons. The van der Waals surface area contributed by atoms with E-state index in [9.17, 15) is 0 Å². The van der Waals surface area contributed by atoms with E-state index in [-0.39, 0.29) is 78.9 Å². The summed E-state index contributed by atoms with van der Waals surface area (Å²) in [6, 6.07) is 0. The first kappa shape index (κ1) is 27.3. The van der Waals surface area contributed by atoms with Gasteiger partial charge in [-0.1, -0.05) is 0 Å². The third kappa shape index (κ3) is 38.1. The predicted molar refractivity (Wildman–Crippen MR) is 45.3 cm³/mol. The Morgan fingerprint density at radius 3 is 1.12 bits per heavy atom. The summed E-state index contributed by atoms with van der Waals surface area (Å²) in [5.74, 6) is 0.